The molecule has 0 spiro atoms. The Morgan fingerprint density at radius 3 is 1.92 bits per heavy atom. The average Bonchev–Trinajstić information content (AvgIpc) is 3.18. The van der Waals surface area contributed by atoms with Gasteiger partial charge in [0, 0.05) is 60.0 Å². The minimum atomic E-state index is -1.30. The molecule has 0 saturated carbocycles. The van der Waals surface area contributed by atoms with E-state index in [1.54, 1.807) is 46.8 Å². The molecule has 1 aliphatic heterocycles. The van der Waals surface area contributed by atoms with Gasteiger partial charge in [0.25, 0.3) is 0 Å². The third-order valence-electron chi connectivity index (χ3n) is 10.2. The molecule has 1 aliphatic rings. The summed E-state index contributed by atoms with van der Waals surface area (Å²) in [5.74, 6) is -4.42. The van der Waals surface area contributed by atoms with Crippen molar-refractivity contribution >= 4 is 47.3 Å². The minimum Gasteiger partial charge on any atom is -0.373 e. The number of hydrogen-bond donors (Lipinski definition) is 4. The summed E-state index contributed by atoms with van der Waals surface area (Å²) in [5.41, 5.74) is 0.0102. The highest BCUT2D eigenvalue weighted by Gasteiger charge is 2.39. The average molecular weight is 829 g/mol. The number of rotatable bonds is 7. The van der Waals surface area contributed by atoms with Crippen molar-refractivity contribution < 1.29 is 43.1 Å². The van der Waals surface area contributed by atoms with Crippen LogP contribution in [-0.2, 0) is 49.5 Å². The highest BCUT2D eigenvalue weighted by molar-refractivity contribution is 5.97. The van der Waals surface area contributed by atoms with Crippen LogP contribution in [-0.4, -0.2) is 157 Å². The molecule has 17 nitrogen and oxygen atoms in total. The van der Waals surface area contributed by atoms with Gasteiger partial charge in [0.05, 0.1) is 18.8 Å². The molecule has 1 aromatic rings. The lowest BCUT2D eigenvalue weighted by atomic mass is 9.98. The fraction of sp³-hybridized carbons (Fsp3) is 0.667. The van der Waals surface area contributed by atoms with E-state index >= 15 is 0 Å². The lowest BCUT2D eigenvalue weighted by molar-refractivity contribution is -0.151. The number of likely N-dealkylation sites (N-methyl/N-ethyl adjacent to an activating group) is 3. The van der Waals surface area contributed by atoms with Crippen molar-refractivity contribution in [2.24, 2.45) is 5.92 Å². The van der Waals surface area contributed by atoms with E-state index in [-0.39, 0.29) is 57.1 Å². The molecule has 17 heteroatoms. The lowest BCUT2D eigenvalue weighted by Crippen LogP contribution is -2.61. The van der Waals surface area contributed by atoms with Gasteiger partial charge >= 0.3 is 0 Å². The predicted octanol–water partition coefficient (Wildman–Crippen LogP) is 0.844. The molecule has 6 atom stereocenters. The van der Waals surface area contributed by atoms with Crippen LogP contribution in [0.1, 0.15) is 86.6 Å². The third kappa shape index (κ3) is 15.9. The van der Waals surface area contributed by atoms with Gasteiger partial charge in [0.15, 0.2) is 0 Å². The molecule has 4 N–H and O–H groups in total. The zero-order chi connectivity index (χ0) is 44.8. The van der Waals surface area contributed by atoms with Crippen molar-refractivity contribution in [3.63, 3.8) is 0 Å². The summed E-state index contributed by atoms with van der Waals surface area (Å²) in [7, 11) is 5.87. The summed E-state index contributed by atoms with van der Waals surface area (Å²) in [4.78, 5) is 114. The lowest BCUT2D eigenvalue weighted by Gasteiger charge is -2.37. The molecule has 1 aromatic carbocycles. The van der Waals surface area contributed by atoms with Crippen LogP contribution in [0.15, 0.2) is 30.3 Å². The van der Waals surface area contributed by atoms with E-state index in [0.29, 0.717) is 0 Å². The summed E-state index contributed by atoms with van der Waals surface area (Å²) >= 11 is 0. The molecule has 8 amide bonds. The van der Waals surface area contributed by atoms with Crippen LogP contribution in [0, 0.1) is 5.92 Å². The van der Waals surface area contributed by atoms with Crippen molar-refractivity contribution in [2.75, 3.05) is 47.9 Å². The van der Waals surface area contributed by atoms with E-state index in [1.165, 1.54) is 54.7 Å². The third-order valence-corrected chi connectivity index (χ3v) is 10.2. The maximum atomic E-state index is 14.6. The smallest absolute Gasteiger partial charge is 0.247 e. The first-order chi connectivity index (χ1) is 27.5. The quantitative estimate of drug-likeness (QED) is 0.307. The fourth-order valence-electron chi connectivity index (χ4n) is 6.39. The van der Waals surface area contributed by atoms with Gasteiger partial charge in [-0.15, -0.1) is 0 Å². The molecule has 0 aliphatic carbocycles. The largest absolute Gasteiger partial charge is 0.373 e. The van der Waals surface area contributed by atoms with Gasteiger partial charge in [0.1, 0.15) is 30.2 Å². The van der Waals surface area contributed by atoms with Crippen LogP contribution < -0.4 is 21.3 Å². The Labute approximate surface area is 349 Å². The number of nitrogens with zero attached hydrogens (tertiary/aromatic N) is 4. The van der Waals surface area contributed by atoms with Crippen LogP contribution in [0.3, 0.4) is 0 Å². The van der Waals surface area contributed by atoms with Crippen molar-refractivity contribution in [1.29, 1.82) is 0 Å². The first-order valence-corrected chi connectivity index (χ1v) is 20.4. The van der Waals surface area contributed by atoms with E-state index in [0.717, 1.165) is 5.56 Å². The minimum absolute atomic E-state index is 0.0385. The van der Waals surface area contributed by atoms with Crippen molar-refractivity contribution in [3.8, 4) is 0 Å². The summed E-state index contributed by atoms with van der Waals surface area (Å²) in [6, 6.07) is 2.88. The monoisotopic (exact) mass is 829 g/mol. The van der Waals surface area contributed by atoms with Gasteiger partial charge in [-0.3, -0.25) is 38.4 Å². The number of benzene rings is 1. The Bertz CT molecular complexity index is 1630. The first-order valence-electron chi connectivity index (χ1n) is 20.4. The molecule has 0 unspecified atom stereocenters. The van der Waals surface area contributed by atoms with E-state index in [9.17, 15) is 38.4 Å². The zero-order valence-electron chi connectivity index (χ0n) is 37.0. The number of carbonyl (C=O) groups is 8. The van der Waals surface area contributed by atoms with E-state index in [1.807, 2.05) is 32.0 Å². The molecule has 59 heavy (non-hydrogen) atoms. The Kier molecular flexibility index (Phi) is 19.5. The van der Waals surface area contributed by atoms with E-state index in [2.05, 4.69) is 21.3 Å². The van der Waals surface area contributed by atoms with Gasteiger partial charge in [-0.1, -0.05) is 51.1 Å². The molecule has 330 valence electrons. The second-order valence-corrected chi connectivity index (χ2v) is 16.8. The van der Waals surface area contributed by atoms with Crippen LogP contribution in [0.25, 0.3) is 0 Å². The van der Waals surface area contributed by atoms with Crippen molar-refractivity contribution in [1.82, 2.24) is 40.9 Å². The van der Waals surface area contributed by atoms with Crippen LogP contribution >= 0.6 is 0 Å². The molecule has 0 aromatic heterocycles. The van der Waals surface area contributed by atoms with Crippen molar-refractivity contribution in [2.45, 2.75) is 129 Å². The molecular formula is C42H68N8O9. The topological polar surface area (TPSA) is 207 Å². The van der Waals surface area contributed by atoms with Crippen LogP contribution in [0.5, 0.6) is 0 Å². The number of carbonyl (C=O) groups excluding carboxylic acids is 8. The van der Waals surface area contributed by atoms with Crippen LogP contribution in [0.4, 0.5) is 0 Å². The first kappa shape index (κ1) is 50.1. The molecular weight excluding hydrogens is 761 g/mol. The highest BCUT2D eigenvalue weighted by Crippen LogP contribution is 2.18. The maximum Gasteiger partial charge on any atom is 0.247 e. The number of amides is 8. The van der Waals surface area contributed by atoms with Crippen LogP contribution in [0.2, 0.25) is 0 Å². The zero-order valence-corrected chi connectivity index (χ0v) is 37.0. The number of nitrogens with one attached hydrogen (secondary N) is 4. The Morgan fingerprint density at radius 1 is 0.746 bits per heavy atom. The number of hydrogen-bond acceptors (Lipinski definition) is 9. The second-order valence-electron chi connectivity index (χ2n) is 16.8. The summed E-state index contributed by atoms with van der Waals surface area (Å²) in [6.45, 7) is 13.3. The van der Waals surface area contributed by atoms with Gasteiger partial charge in [-0.05, 0) is 58.9 Å². The van der Waals surface area contributed by atoms with Gasteiger partial charge in [-0.25, -0.2) is 0 Å². The van der Waals surface area contributed by atoms with E-state index < -0.39 is 89.7 Å². The number of ether oxygens (including phenoxy) is 1. The SMILES string of the molecule is CC[C@@H]1NC(=O)CCN(C)C(=O)C[C@H](C)NC(=O)CNC(=O)[C@H](CC(C)C)N(C)C(=O)[C@H](Cc2ccccc2)N(C)C(=O)[C@H](COC(C)(C)C)NC(=O)[C@H](C)N(C)C1=O. The Morgan fingerprint density at radius 2 is 1.34 bits per heavy atom. The molecule has 1 saturated heterocycles. The molecule has 1 fully saturated rings. The highest BCUT2D eigenvalue weighted by atomic mass is 16.5. The standard InChI is InChI=1S/C42H68N8O9/c1-13-30-39(56)48(10)28(5)37(54)46-31(25-59-42(6,7)8)40(57)50(12)33(23-29-17-15-14-16-18-29)41(58)49(11)32(21-26(2)3)38(55)43-24-35(52)44-27(4)22-36(53)47(9)20-19-34(51)45-30/h14-18,26-28,30-33H,13,19-25H2,1-12H3,(H,43,55)(H,44,52)(H,45,51)(H,46,54)/t27-,28-,30-,31-,32-,33-/m0/s1. The molecule has 0 bridgehead atoms. The fourth-order valence-corrected chi connectivity index (χ4v) is 6.39. The van der Waals surface area contributed by atoms with Gasteiger partial charge in [-0.2, -0.15) is 0 Å². The summed E-state index contributed by atoms with van der Waals surface area (Å²) in [5, 5.41) is 10.8. The molecule has 1 heterocycles. The molecule has 2 rings (SSSR count). The normalized spacial score (nSPS) is 25.2. The summed E-state index contributed by atoms with van der Waals surface area (Å²) < 4.78 is 6.00. The van der Waals surface area contributed by atoms with Gasteiger partial charge in [0.2, 0.25) is 47.3 Å². The maximum absolute atomic E-state index is 14.6. The predicted molar refractivity (Wildman–Crippen MR) is 222 cm³/mol. The Balaban J connectivity index is 2.64. The summed E-state index contributed by atoms with van der Waals surface area (Å²) in [6.07, 6.45) is 0.328. The Hall–Kier alpha value is -5.06. The van der Waals surface area contributed by atoms with Gasteiger partial charge < -0.3 is 45.6 Å². The van der Waals surface area contributed by atoms with Crippen molar-refractivity contribution in [3.05, 3.63) is 35.9 Å². The van der Waals surface area contributed by atoms with E-state index in [4.69, 9.17) is 4.74 Å². The second kappa shape index (κ2) is 22.9. The molecule has 0 radical (unpaired) electrons.